The van der Waals surface area contributed by atoms with E-state index in [1.807, 2.05) is 0 Å². The highest BCUT2D eigenvalue weighted by atomic mass is 16.1. The van der Waals surface area contributed by atoms with Crippen molar-refractivity contribution in [1.29, 1.82) is 0 Å². The molecule has 1 aliphatic rings. The minimum absolute atomic E-state index is 0.0664. The lowest BCUT2D eigenvalue weighted by Gasteiger charge is -1.99. The van der Waals surface area contributed by atoms with E-state index in [0.717, 1.165) is 6.92 Å². The smallest absolute Gasteiger partial charge is 0.132 e. The molecule has 1 saturated carbocycles. The van der Waals surface area contributed by atoms with Gasteiger partial charge in [-0.05, 0) is 19.7 Å². The summed E-state index contributed by atoms with van der Waals surface area (Å²) in [5.74, 6) is -2.97. The van der Waals surface area contributed by atoms with Crippen molar-refractivity contribution in [3.05, 3.63) is 0 Å². The number of Topliss-reactive ketones (excluding diaryl/α,β-unsaturated/α-hetero) is 1. The molecule has 1 fully saturated rings. The summed E-state index contributed by atoms with van der Waals surface area (Å²) in [6.45, 7) is 1.08. The van der Waals surface area contributed by atoms with E-state index < -0.39 is 24.4 Å². The molecule has 0 aliphatic heterocycles. The molecule has 1 heteroatoms. The van der Waals surface area contributed by atoms with E-state index in [2.05, 4.69) is 0 Å². The fourth-order valence-corrected chi connectivity index (χ4v) is 0.686. The maximum atomic E-state index is 11.1. The second-order valence-corrected chi connectivity index (χ2v) is 1.78. The first-order chi connectivity index (χ1) is 5.65. The SMILES string of the molecule is [2H]C1([2H])CCC([2H])([2H])C1([2H])C(C)=O. The molecule has 1 rings (SSSR count). The zero-order valence-corrected chi connectivity index (χ0v) is 4.82. The number of rotatable bonds is 1. The third-order valence-corrected chi connectivity index (χ3v) is 1.08. The van der Waals surface area contributed by atoms with Crippen LogP contribution in [0.3, 0.4) is 0 Å². The molecule has 8 heavy (non-hydrogen) atoms. The Morgan fingerprint density at radius 1 is 1.75 bits per heavy atom. The van der Waals surface area contributed by atoms with Crippen molar-refractivity contribution in [2.24, 2.45) is 5.89 Å². The Morgan fingerprint density at radius 2 is 2.25 bits per heavy atom. The summed E-state index contributed by atoms with van der Waals surface area (Å²) < 4.78 is 37.4. The van der Waals surface area contributed by atoms with Crippen molar-refractivity contribution in [3.63, 3.8) is 0 Å². The van der Waals surface area contributed by atoms with Gasteiger partial charge in [0.2, 0.25) is 0 Å². The average molecular weight is 117 g/mol. The molecule has 0 aromatic heterocycles. The zero-order valence-electron chi connectivity index (χ0n) is 9.82. The Bertz CT molecular complexity index is 231. The first kappa shape index (κ1) is 2.13. The van der Waals surface area contributed by atoms with Gasteiger partial charge >= 0.3 is 0 Å². The zero-order chi connectivity index (χ0) is 10.5. The van der Waals surface area contributed by atoms with E-state index in [0.29, 0.717) is 0 Å². The van der Waals surface area contributed by atoms with Gasteiger partial charge in [0, 0.05) is 12.7 Å². The number of carbonyl (C=O) groups excluding carboxylic acids is 1. The van der Waals surface area contributed by atoms with Crippen molar-refractivity contribution in [1.82, 2.24) is 0 Å². The first-order valence-electron chi connectivity index (χ1n) is 5.16. The Balaban J connectivity index is 3.22. The highest BCUT2D eigenvalue weighted by Crippen LogP contribution is 2.24. The summed E-state index contributed by atoms with van der Waals surface area (Å²) in [5, 5.41) is 0. The molecule has 0 radical (unpaired) electrons. The normalized spacial score (nSPS) is 47.4. The summed E-state index contributed by atoms with van der Waals surface area (Å²) in [5.41, 5.74) is 0. The van der Waals surface area contributed by atoms with Gasteiger partial charge < -0.3 is 0 Å². The van der Waals surface area contributed by atoms with Gasteiger partial charge in [-0.25, -0.2) is 0 Å². The molecule has 0 aromatic rings. The van der Waals surface area contributed by atoms with Gasteiger partial charge in [-0.3, -0.25) is 4.79 Å². The molecule has 1 aliphatic carbocycles. The van der Waals surface area contributed by atoms with Crippen LogP contribution in [0.4, 0.5) is 0 Å². The van der Waals surface area contributed by atoms with Crippen LogP contribution < -0.4 is 0 Å². The molecule has 0 aromatic carbocycles. The predicted molar refractivity (Wildman–Crippen MR) is 32.6 cm³/mol. The first-order valence-corrected chi connectivity index (χ1v) is 2.66. The number of carbonyl (C=O) groups is 1. The maximum Gasteiger partial charge on any atom is 0.132 e. The quantitative estimate of drug-likeness (QED) is 0.511. The van der Waals surface area contributed by atoms with Crippen LogP contribution >= 0.6 is 0 Å². The molecule has 0 saturated heterocycles. The third-order valence-electron chi connectivity index (χ3n) is 1.08. The molecular weight excluding hydrogens is 100 g/mol. The molecule has 46 valence electrons. The van der Waals surface area contributed by atoms with Crippen molar-refractivity contribution < 1.29 is 11.6 Å². The van der Waals surface area contributed by atoms with E-state index in [1.165, 1.54) is 0 Å². The maximum absolute atomic E-state index is 11.1. The molecule has 0 N–H and O–H groups in total. The third kappa shape index (κ3) is 1.09. The largest absolute Gasteiger partial charge is 0.300 e. The lowest BCUT2D eigenvalue weighted by atomic mass is 10.0. The molecule has 0 bridgehead atoms. The van der Waals surface area contributed by atoms with Crippen molar-refractivity contribution in [2.75, 3.05) is 0 Å². The van der Waals surface area contributed by atoms with Crippen LogP contribution in [-0.4, -0.2) is 5.78 Å². The average Bonchev–Trinajstić information content (AvgIpc) is 2.12. The Labute approximate surface area is 57.1 Å². The highest BCUT2D eigenvalue weighted by molar-refractivity contribution is 5.78. The van der Waals surface area contributed by atoms with Crippen molar-refractivity contribution >= 4 is 5.78 Å². The topological polar surface area (TPSA) is 17.1 Å². The molecular formula is C7H12O. The highest BCUT2D eigenvalue weighted by Gasteiger charge is 2.18. The minimum Gasteiger partial charge on any atom is -0.300 e. The second-order valence-electron chi connectivity index (χ2n) is 1.78. The van der Waals surface area contributed by atoms with Gasteiger partial charge in [0.1, 0.15) is 5.78 Å². The summed E-state index contributed by atoms with van der Waals surface area (Å²) in [4.78, 5) is 11.1. The van der Waals surface area contributed by atoms with Gasteiger partial charge in [0.15, 0.2) is 0 Å². The number of ketones is 1. The van der Waals surface area contributed by atoms with Crippen LogP contribution in [0.2, 0.25) is 0 Å². The van der Waals surface area contributed by atoms with Crippen molar-refractivity contribution in [2.45, 2.75) is 32.5 Å². The molecule has 1 nitrogen and oxygen atoms in total. The molecule has 0 atom stereocenters. The van der Waals surface area contributed by atoms with E-state index in [-0.39, 0.29) is 12.8 Å². The Morgan fingerprint density at radius 3 is 2.50 bits per heavy atom. The van der Waals surface area contributed by atoms with Crippen LogP contribution in [0.15, 0.2) is 0 Å². The van der Waals surface area contributed by atoms with Gasteiger partial charge in [-0.1, -0.05) is 12.8 Å². The molecule has 0 unspecified atom stereocenters. The lowest BCUT2D eigenvalue weighted by Crippen LogP contribution is -2.04. The van der Waals surface area contributed by atoms with Crippen LogP contribution in [0.5, 0.6) is 0 Å². The summed E-state index contributed by atoms with van der Waals surface area (Å²) in [6, 6.07) is 0. The van der Waals surface area contributed by atoms with Crippen LogP contribution in [0.1, 0.15) is 39.4 Å². The fraction of sp³-hybridized carbons (Fsp3) is 0.857. The van der Waals surface area contributed by atoms with Crippen LogP contribution in [-0.2, 0) is 4.79 Å². The Kier molecular flexibility index (Phi) is 0.609. The van der Waals surface area contributed by atoms with E-state index >= 15 is 0 Å². The molecule has 0 heterocycles. The molecule has 0 spiro atoms. The van der Waals surface area contributed by atoms with E-state index in [4.69, 9.17) is 6.85 Å². The van der Waals surface area contributed by atoms with Gasteiger partial charge in [-0.2, -0.15) is 0 Å². The number of hydrogen-bond donors (Lipinski definition) is 0. The van der Waals surface area contributed by atoms with Crippen molar-refractivity contribution in [3.8, 4) is 0 Å². The van der Waals surface area contributed by atoms with E-state index in [9.17, 15) is 4.79 Å². The van der Waals surface area contributed by atoms with E-state index in [1.54, 1.807) is 0 Å². The summed E-state index contributed by atoms with van der Waals surface area (Å²) in [6.07, 6.45) is -4.24. The summed E-state index contributed by atoms with van der Waals surface area (Å²) in [7, 11) is 0. The minimum atomic E-state index is -2.24. The van der Waals surface area contributed by atoms with Crippen LogP contribution in [0, 0.1) is 5.89 Å². The second kappa shape index (κ2) is 2.29. The standard InChI is InChI=1S/C7H12O/c1-6(8)7-4-2-3-5-7/h7H,2-5H2,1H3/i4D2,5D2,7D. The molecule has 0 amide bonds. The number of hydrogen-bond acceptors (Lipinski definition) is 1. The predicted octanol–water partition coefficient (Wildman–Crippen LogP) is 1.77. The van der Waals surface area contributed by atoms with Gasteiger partial charge in [0.25, 0.3) is 0 Å². The van der Waals surface area contributed by atoms with Crippen LogP contribution in [0.25, 0.3) is 0 Å². The lowest BCUT2D eigenvalue weighted by molar-refractivity contribution is -0.120. The summed E-state index contributed by atoms with van der Waals surface area (Å²) >= 11 is 0. The van der Waals surface area contributed by atoms with Gasteiger partial charge in [-0.15, -0.1) is 0 Å². The van der Waals surface area contributed by atoms with Gasteiger partial charge in [0.05, 0.1) is 0 Å². The monoisotopic (exact) mass is 117 g/mol. The fourth-order valence-electron chi connectivity index (χ4n) is 0.686. The Hall–Kier alpha value is -0.330.